The maximum absolute atomic E-state index is 13.1. The monoisotopic (exact) mass is 451 g/mol. The Bertz CT molecular complexity index is 779. The molecule has 0 bridgehead atoms. The van der Waals surface area contributed by atoms with Crippen molar-refractivity contribution in [1.29, 1.82) is 0 Å². The van der Waals surface area contributed by atoms with E-state index in [0.717, 1.165) is 25.3 Å². The van der Waals surface area contributed by atoms with Crippen LogP contribution in [0, 0.1) is 10.1 Å². The SMILES string of the molecule is CCCCOC(=O)CC(CCCC)(Oc1ccc([N+](=O)[O-])cc1C=O)C(=O)OCCCC. The number of non-ortho nitro benzene ring substituents is 1. The van der Waals surface area contributed by atoms with Crippen LogP contribution in [0.4, 0.5) is 5.69 Å². The van der Waals surface area contributed by atoms with Crippen LogP contribution >= 0.6 is 0 Å². The number of rotatable bonds is 16. The maximum atomic E-state index is 13.1. The number of ether oxygens (including phenoxy) is 3. The minimum Gasteiger partial charge on any atom is -0.474 e. The van der Waals surface area contributed by atoms with Crippen molar-refractivity contribution in [2.75, 3.05) is 13.2 Å². The molecule has 0 N–H and O–H groups in total. The first-order valence-corrected chi connectivity index (χ1v) is 11.1. The van der Waals surface area contributed by atoms with E-state index < -0.39 is 28.9 Å². The molecule has 0 aliphatic heterocycles. The van der Waals surface area contributed by atoms with Crippen LogP contribution in [-0.2, 0) is 19.1 Å². The van der Waals surface area contributed by atoms with Crippen LogP contribution in [0.3, 0.4) is 0 Å². The maximum Gasteiger partial charge on any atom is 0.351 e. The van der Waals surface area contributed by atoms with Crippen LogP contribution < -0.4 is 4.74 Å². The minimum absolute atomic E-state index is 0.0319. The number of hydrogen-bond acceptors (Lipinski definition) is 8. The second-order valence-corrected chi connectivity index (χ2v) is 7.54. The quantitative estimate of drug-likeness (QED) is 0.116. The number of hydrogen-bond donors (Lipinski definition) is 0. The number of esters is 2. The zero-order valence-corrected chi connectivity index (χ0v) is 19.1. The van der Waals surface area contributed by atoms with Gasteiger partial charge in [-0.2, -0.15) is 0 Å². The van der Waals surface area contributed by atoms with Crippen molar-refractivity contribution >= 4 is 23.9 Å². The zero-order chi connectivity index (χ0) is 24.0. The molecule has 0 aliphatic rings. The average molecular weight is 452 g/mol. The van der Waals surface area contributed by atoms with Gasteiger partial charge in [-0.3, -0.25) is 19.7 Å². The lowest BCUT2D eigenvalue weighted by molar-refractivity contribution is -0.384. The summed E-state index contributed by atoms with van der Waals surface area (Å²) in [4.78, 5) is 47.7. The highest BCUT2D eigenvalue weighted by Crippen LogP contribution is 2.32. The van der Waals surface area contributed by atoms with E-state index in [9.17, 15) is 24.5 Å². The molecule has 0 spiro atoms. The molecule has 0 saturated carbocycles. The van der Waals surface area contributed by atoms with Gasteiger partial charge in [0.05, 0.1) is 30.1 Å². The molecule has 0 aromatic heterocycles. The molecule has 1 rings (SSSR count). The molecule has 0 fully saturated rings. The molecule has 0 radical (unpaired) electrons. The summed E-state index contributed by atoms with van der Waals surface area (Å²) >= 11 is 0. The second-order valence-electron chi connectivity index (χ2n) is 7.54. The molecule has 0 heterocycles. The Morgan fingerprint density at radius 3 is 2.22 bits per heavy atom. The fourth-order valence-electron chi connectivity index (χ4n) is 2.95. The molecule has 0 saturated heterocycles. The molecule has 178 valence electrons. The van der Waals surface area contributed by atoms with Crippen LogP contribution in [0.2, 0.25) is 0 Å². The summed E-state index contributed by atoms with van der Waals surface area (Å²) in [6.45, 7) is 6.23. The van der Waals surface area contributed by atoms with Gasteiger partial charge < -0.3 is 14.2 Å². The summed E-state index contributed by atoms with van der Waals surface area (Å²) in [5.41, 5.74) is -2.09. The third-order valence-electron chi connectivity index (χ3n) is 4.86. The smallest absolute Gasteiger partial charge is 0.351 e. The van der Waals surface area contributed by atoms with E-state index >= 15 is 0 Å². The van der Waals surface area contributed by atoms with Crippen molar-refractivity contribution < 1.29 is 33.5 Å². The fraction of sp³-hybridized carbons (Fsp3) is 0.609. The Morgan fingerprint density at radius 1 is 1.03 bits per heavy atom. The summed E-state index contributed by atoms with van der Waals surface area (Å²) in [5.74, 6) is -1.37. The van der Waals surface area contributed by atoms with E-state index in [4.69, 9.17) is 14.2 Å². The van der Waals surface area contributed by atoms with Crippen molar-refractivity contribution in [3.63, 3.8) is 0 Å². The van der Waals surface area contributed by atoms with E-state index in [-0.39, 0.29) is 36.6 Å². The Hall–Kier alpha value is -2.97. The predicted octanol–water partition coefficient (Wildman–Crippen LogP) is 4.79. The van der Waals surface area contributed by atoms with Gasteiger partial charge in [-0.15, -0.1) is 0 Å². The Morgan fingerprint density at radius 2 is 1.66 bits per heavy atom. The topological polar surface area (TPSA) is 122 Å². The first-order chi connectivity index (χ1) is 15.3. The van der Waals surface area contributed by atoms with Gasteiger partial charge >= 0.3 is 11.9 Å². The van der Waals surface area contributed by atoms with Crippen molar-refractivity contribution in [2.45, 2.75) is 77.7 Å². The molecule has 9 heteroatoms. The van der Waals surface area contributed by atoms with Crippen molar-refractivity contribution in [2.24, 2.45) is 0 Å². The highest BCUT2D eigenvalue weighted by atomic mass is 16.6. The van der Waals surface area contributed by atoms with E-state index in [1.54, 1.807) is 0 Å². The Kier molecular flexibility index (Phi) is 12.0. The van der Waals surface area contributed by atoms with Gasteiger partial charge in [-0.05, 0) is 31.7 Å². The van der Waals surface area contributed by atoms with E-state index in [1.807, 2.05) is 20.8 Å². The van der Waals surface area contributed by atoms with E-state index in [2.05, 4.69) is 0 Å². The van der Waals surface area contributed by atoms with Crippen LogP contribution in [0.1, 0.15) is 82.5 Å². The number of carbonyl (C=O) groups is 3. The third-order valence-corrected chi connectivity index (χ3v) is 4.86. The predicted molar refractivity (Wildman–Crippen MR) is 118 cm³/mol. The molecule has 1 aromatic carbocycles. The number of carbonyl (C=O) groups excluding carboxylic acids is 3. The molecular weight excluding hydrogens is 418 g/mol. The highest BCUT2D eigenvalue weighted by Gasteiger charge is 2.45. The molecule has 1 atom stereocenters. The first kappa shape index (κ1) is 27.1. The van der Waals surface area contributed by atoms with Gasteiger partial charge in [0, 0.05) is 12.1 Å². The van der Waals surface area contributed by atoms with E-state index in [0.29, 0.717) is 25.5 Å². The number of unbranched alkanes of at least 4 members (excludes halogenated alkanes) is 3. The summed E-state index contributed by atoms with van der Waals surface area (Å²) in [5, 5.41) is 11.0. The number of nitrogens with zero attached hydrogens (tertiary/aromatic N) is 1. The van der Waals surface area contributed by atoms with Crippen molar-refractivity contribution in [3.05, 3.63) is 33.9 Å². The van der Waals surface area contributed by atoms with Crippen molar-refractivity contribution in [1.82, 2.24) is 0 Å². The van der Waals surface area contributed by atoms with Crippen LogP contribution in [0.25, 0.3) is 0 Å². The number of benzene rings is 1. The molecule has 32 heavy (non-hydrogen) atoms. The van der Waals surface area contributed by atoms with Crippen LogP contribution in [-0.4, -0.2) is 42.0 Å². The number of nitro benzene ring substituents is 1. The van der Waals surface area contributed by atoms with Gasteiger partial charge in [0.1, 0.15) is 5.75 Å². The highest BCUT2D eigenvalue weighted by molar-refractivity contribution is 5.87. The lowest BCUT2D eigenvalue weighted by Crippen LogP contribution is -2.48. The summed E-state index contributed by atoms with van der Waals surface area (Å²) in [6, 6.07) is 3.49. The normalized spacial score (nSPS) is 12.5. The third kappa shape index (κ3) is 8.28. The molecular formula is C23H33NO8. The largest absolute Gasteiger partial charge is 0.474 e. The van der Waals surface area contributed by atoms with E-state index in [1.165, 1.54) is 12.1 Å². The van der Waals surface area contributed by atoms with Gasteiger partial charge in [0.25, 0.3) is 5.69 Å². The lowest BCUT2D eigenvalue weighted by atomic mass is 9.92. The second kappa shape index (κ2) is 14.2. The van der Waals surface area contributed by atoms with Crippen molar-refractivity contribution in [3.8, 4) is 5.75 Å². The average Bonchev–Trinajstić information content (AvgIpc) is 2.77. The lowest BCUT2D eigenvalue weighted by Gasteiger charge is -2.32. The fourth-order valence-corrected chi connectivity index (χ4v) is 2.95. The summed E-state index contributed by atoms with van der Waals surface area (Å²) in [6.07, 6.45) is 4.44. The summed E-state index contributed by atoms with van der Waals surface area (Å²) in [7, 11) is 0. The minimum atomic E-state index is -1.71. The molecule has 0 aliphatic carbocycles. The summed E-state index contributed by atoms with van der Waals surface area (Å²) < 4.78 is 16.7. The molecule has 1 unspecified atom stereocenters. The molecule has 9 nitrogen and oxygen atoms in total. The number of nitro groups is 1. The van der Waals surface area contributed by atoms with Gasteiger partial charge in [-0.1, -0.05) is 40.0 Å². The van der Waals surface area contributed by atoms with Gasteiger partial charge in [0.15, 0.2) is 6.29 Å². The zero-order valence-electron chi connectivity index (χ0n) is 19.1. The Balaban J connectivity index is 3.33. The molecule has 1 aromatic rings. The number of aldehydes is 1. The Labute approximate surface area is 188 Å². The standard InChI is InChI=1S/C23H33NO8/c1-4-7-12-23(22(27)31-14-9-6-3,16-21(26)30-13-8-5-2)32-20-11-10-19(24(28)29)15-18(20)17-25/h10-11,15,17H,4-9,12-14,16H2,1-3H3. The van der Waals surface area contributed by atoms with Gasteiger partial charge in [0.2, 0.25) is 5.60 Å². The van der Waals surface area contributed by atoms with Gasteiger partial charge in [-0.25, -0.2) is 4.79 Å². The van der Waals surface area contributed by atoms with Crippen LogP contribution in [0.15, 0.2) is 18.2 Å². The molecule has 0 amide bonds. The van der Waals surface area contributed by atoms with Crippen LogP contribution in [0.5, 0.6) is 5.75 Å². The first-order valence-electron chi connectivity index (χ1n) is 11.1.